The molecule has 3 atom stereocenters. The van der Waals surface area contributed by atoms with Crippen LogP contribution in [-0.4, -0.2) is 77.9 Å². The maximum Gasteiger partial charge on any atom is 0.337 e. The average Bonchev–Trinajstić information content (AvgIpc) is 2.84. The summed E-state index contributed by atoms with van der Waals surface area (Å²) in [5, 5.41) is 61.9. The van der Waals surface area contributed by atoms with Gasteiger partial charge in [0.15, 0.2) is 5.60 Å². The molecular weight excluding hydrogens is 500 g/mol. The van der Waals surface area contributed by atoms with Crippen molar-refractivity contribution in [3.8, 4) is 0 Å². The highest BCUT2D eigenvalue weighted by molar-refractivity contribution is 5.89. The number of aliphatic carboxylic acids is 4. The van der Waals surface area contributed by atoms with E-state index in [0.717, 1.165) is 12.8 Å². The molecule has 0 rings (SSSR count). The molecule has 0 radical (unpaired) electrons. The maximum absolute atomic E-state index is 10.9. The lowest BCUT2D eigenvalue weighted by Crippen LogP contribution is -2.52. The van der Waals surface area contributed by atoms with Crippen molar-refractivity contribution in [1.29, 1.82) is 0 Å². The Bertz CT molecular complexity index is 653. The number of carboxylic acids is 4. The normalized spacial score (nSPS) is 14.0. The Morgan fingerprint density at radius 2 is 1.05 bits per heavy atom. The van der Waals surface area contributed by atoms with Crippen LogP contribution < -0.4 is 0 Å². The Balaban J connectivity index is 0. The SMILES string of the molecule is CCCCCCCCCCCCCCCCCC(=O)O.O=C(O)CC(O)(C(=O)O)C(CC(O)CO)C(=O)O. The number of aliphatic hydroxyl groups is 3. The molecule has 0 spiro atoms. The van der Waals surface area contributed by atoms with Gasteiger partial charge < -0.3 is 35.7 Å². The van der Waals surface area contributed by atoms with Gasteiger partial charge >= 0.3 is 23.9 Å². The van der Waals surface area contributed by atoms with E-state index >= 15 is 0 Å². The van der Waals surface area contributed by atoms with Gasteiger partial charge in [-0.1, -0.05) is 96.8 Å². The molecule has 0 aromatic heterocycles. The number of unbranched alkanes of at least 4 members (excludes halogenated alkanes) is 14. The fraction of sp³-hybridized carbons (Fsp3) is 0.852. The summed E-state index contributed by atoms with van der Waals surface area (Å²) >= 11 is 0. The second-order valence-electron chi connectivity index (χ2n) is 9.86. The van der Waals surface area contributed by atoms with Gasteiger partial charge in [0.2, 0.25) is 0 Å². The topological polar surface area (TPSA) is 210 Å². The minimum Gasteiger partial charge on any atom is -0.481 e. The Hall–Kier alpha value is -2.24. The predicted octanol–water partition coefficient (Wildman–Crippen LogP) is 4.05. The van der Waals surface area contributed by atoms with E-state index in [1.54, 1.807) is 0 Å². The molecule has 0 bridgehead atoms. The third-order valence-corrected chi connectivity index (χ3v) is 6.38. The van der Waals surface area contributed by atoms with Gasteiger partial charge in [-0.2, -0.15) is 0 Å². The van der Waals surface area contributed by atoms with Crippen LogP contribution in [0, 0.1) is 5.92 Å². The van der Waals surface area contributed by atoms with Crippen LogP contribution in [0.5, 0.6) is 0 Å². The van der Waals surface area contributed by atoms with Gasteiger partial charge in [-0.3, -0.25) is 14.4 Å². The number of aliphatic hydroxyl groups excluding tert-OH is 2. The minimum absolute atomic E-state index is 0.345. The first-order valence-electron chi connectivity index (χ1n) is 13.8. The van der Waals surface area contributed by atoms with E-state index in [4.69, 9.17) is 30.6 Å². The predicted molar refractivity (Wildman–Crippen MR) is 141 cm³/mol. The molecule has 0 fully saturated rings. The molecule has 0 saturated carbocycles. The van der Waals surface area contributed by atoms with Crippen LogP contribution in [-0.2, 0) is 19.2 Å². The molecule has 224 valence electrons. The standard InChI is InChI=1S/C18H36O2.C9H14O9/c1-2-3-4-5-6-7-8-9-10-11-12-13-14-15-16-17-18(19)20;10-3-4(11)1-5(7(14)15)9(18,8(16)17)2-6(12)13/h2-17H2,1H3,(H,19,20);4-5,10-11,18H,1-3H2,(H,12,13)(H,14,15)(H,16,17). The van der Waals surface area contributed by atoms with Gasteiger partial charge in [-0.05, 0) is 12.8 Å². The van der Waals surface area contributed by atoms with Crippen LogP contribution in [0.3, 0.4) is 0 Å². The molecule has 0 aliphatic carbocycles. The molecule has 0 aliphatic rings. The van der Waals surface area contributed by atoms with E-state index in [1.807, 2.05) is 0 Å². The first-order valence-corrected chi connectivity index (χ1v) is 13.8. The number of carbonyl (C=O) groups is 4. The van der Waals surface area contributed by atoms with Crippen molar-refractivity contribution >= 4 is 23.9 Å². The van der Waals surface area contributed by atoms with Crippen molar-refractivity contribution in [2.75, 3.05) is 6.61 Å². The summed E-state index contributed by atoms with van der Waals surface area (Å²) in [6, 6.07) is 0. The van der Waals surface area contributed by atoms with Gasteiger partial charge in [-0.25, -0.2) is 4.79 Å². The second kappa shape index (κ2) is 23.8. The lowest BCUT2D eigenvalue weighted by Gasteiger charge is -2.29. The van der Waals surface area contributed by atoms with Gasteiger partial charge in [0, 0.05) is 6.42 Å². The lowest BCUT2D eigenvalue weighted by atomic mass is 9.81. The zero-order chi connectivity index (χ0) is 29.4. The summed E-state index contributed by atoms with van der Waals surface area (Å²) in [6.07, 6.45) is 16.5. The van der Waals surface area contributed by atoms with Crippen molar-refractivity contribution in [2.24, 2.45) is 5.92 Å². The summed E-state index contributed by atoms with van der Waals surface area (Å²) in [5.74, 6) is -8.23. The first kappa shape index (κ1) is 37.9. The molecule has 0 aromatic rings. The zero-order valence-electron chi connectivity index (χ0n) is 22.9. The van der Waals surface area contributed by atoms with E-state index in [0.29, 0.717) is 6.42 Å². The first-order chi connectivity index (χ1) is 17.9. The Kier molecular flexibility index (Phi) is 23.8. The lowest BCUT2D eigenvalue weighted by molar-refractivity contribution is -0.181. The summed E-state index contributed by atoms with van der Waals surface area (Å²) in [6.45, 7) is 1.43. The quantitative estimate of drug-likeness (QED) is 0.0852. The van der Waals surface area contributed by atoms with Crippen LogP contribution in [0.4, 0.5) is 0 Å². The van der Waals surface area contributed by atoms with E-state index < -0.39 is 60.9 Å². The van der Waals surface area contributed by atoms with Gasteiger partial charge in [0.1, 0.15) is 0 Å². The van der Waals surface area contributed by atoms with Crippen molar-refractivity contribution in [3.63, 3.8) is 0 Å². The Morgan fingerprint density at radius 3 is 1.34 bits per heavy atom. The summed E-state index contributed by atoms with van der Waals surface area (Å²) < 4.78 is 0. The molecule has 3 unspecified atom stereocenters. The smallest absolute Gasteiger partial charge is 0.337 e. The third-order valence-electron chi connectivity index (χ3n) is 6.38. The van der Waals surface area contributed by atoms with Gasteiger partial charge in [0.25, 0.3) is 0 Å². The van der Waals surface area contributed by atoms with Crippen molar-refractivity contribution in [3.05, 3.63) is 0 Å². The molecule has 0 amide bonds. The molecule has 11 heteroatoms. The molecule has 0 heterocycles. The van der Waals surface area contributed by atoms with Crippen molar-refractivity contribution < 1.29 is 54.9 Å². The molecule has 0 aliphatic heterocycles. The fourth-order valence-electron chi connectivity index (χ4n) is 4.07. The maximum atomic E-state index is 10.9. The number of hydrogen-bond acceptors (Lipinski definition) is 7. The van der Waals surface area contributed by atoms with Crippen molar-refractivity contribution in [1.82, 2.24) is 0 Å². The van der Waals surface area contributed by atoms with Crippen LogP contribution in [0.1, 0.15) is 122 Å². The van der Waals surface area contributed by atoms with Crippen LogP contribution in [0.2, 0.25) is 0 Å². The second-order valence-corrected chi connectivity index (χ2v) is 9.86. The van der Waals surface area contributed by atoms with Crippen LogP contribution >= 0.6 is 0 Å². The van der Waals surface area contributed by atoms with E-state index in [2.05, 4.69) is 6.92 Å². The Labute approximate surface area is 225 Å². The molecule has 11 nitrogen and oxygen atoms in total. The number of carboxylic acid groups (broad SMARTS) is 4. The molecular formula is C27H50O11. The van der Waals surface area contributed by atoms with Crippen molar-refractivity contribution in [2.45, 2.75) is 134 Å². The van der Waals surface area contributed by atoms with Crippen LogP contribution in [0.25, 0.3) is 0 Å². The third kappa shape index (κ3) is 20.8. The van der Waals surface area contributed by atoms with Gasteiger partial charge in [-0.15, -0.1) is 0 Å². The molecule has 0 aromatic carbocycles. The Morgan fingerprint density at radius 1 is 0.658 bits per heavy atom. The van der Waals surface area contributed by atoms with Gasteiger partial charge in [0.05, 0.1) is 25.0 Å². The highest BCUT2D eigenvalue weighted by atomic mass is 16.4. The van der Waals surface area contributed by atoms with Crippen LogP contribution in [0.15, 0.2) is 0 Å². The summed E-state index contributed by atoms with van der Waals surface area (Å²) in [7, 11) is 0. The number of rotatable bonds is 24. The minimum atomic E-state index is -3.06. The fourth-order valence-corrected chi connectivity index (χ4v) is 4.07. The molecule has 7 N–H and O–H groups in total. The summed E-state index contributed by atoms with van der Waals surface area (Å²) in [5.41, 5.74) is -3.06. The largest absolute Gasteiger partial charge is 0.481 e. The van der Waals surface area contributed by atoms with E-state index in [9.17, 15) is 24.3 Å². The number of hydrogen-bond donors (Lipinski definition) is 7. The summed E-state index contributed by atoms with van der Waals surface area (Å²) in [4.78, 5) is 42.5. The molecule has 38 heavy (non-hydrogen) atoms. The zero-order valence-corrected chi connectivity index (χ0v) is 22.9. The highest BCUT2D eigenvalue weighted by Gasteiger charge is 2.50. The van der Waals surface area contributed by atoms with E-state index in [1.165, 1.54) is 83.5 Å². The monoisotopic (exact) mass is 550 g/mol. The average molecular weight is 551 g/mol. The van der Waals surface area contributed by atoms with E-state index in [-0.39, 0.29) is 0 Å². The molecule has 0 saturated heterocycles. The highest BCUT2D eigenvalue weighted by Crippen LogP contribution is 2.27.